The molecular weight excluding hydrogens is 350 g/mol. The van der Waals surface area contributed by atoms with Crippen LogP contribution in [0.1, 0.15) is 20.3 Å². The van der Waals surface area contributed by atoms with E-state index in [1.807, 2.05) is 0 Å². The average molecular weight is 366 g/mol. The minimum absolute atomic E-state index is 0.0894. The second kappa shape index (κ2) is 7.05. The van der Waals surface area contributed by atoms with Gasteiger partial charge < -0.3 is 9.84 Å². The fraction of sp³-hybridized carbons (Fsp3) is 0.417. The number of carboxylic acid groups (broad SMARTS) is 1. The van der Waals surface area contributed by atoms with Gasteiger partial charge in [-0.2, -0.15) is 4.72 Å². The van der Waals surface area contributed by atoms with Crippen LogP contribution >= 0.6 is 15.9 Å². The van der Waals surface area contributed by atoms with Crippen molar-refractivity contribution in [3.63, 3.8) is 0 Å². The number of carbonyl (C=O) groups is 1. The van der Waals surface area contributed by atoms with Crippen molar-refractivity contribution in [3.8, 4) is 5.75 Å². The summed E-state index contributed by atoms with van der Waals surface area (Å²) in [6, 6.07) is 3.37. The molecule has 0 aliphatic heterocycles. The Morgan fingerprint density at radius 3 is 2.60 bits per heavy atom. The Morgan fingerprint density at radius 1 is 1.45 bits per heavy atom. The molecule has 6 nitrogen and oxygen atoms in total. The second-order valence-electron chi connectivity index (χ2n) is 3.94. The quantitative estimate of drug-likeness (QED) is 0.770. The van der Waals surface area contributed by atoms with E-state index in [2.05, 4.69) is 20.7 Å². The number of hydrogen-bond acceptors (Lipinski definition) is 4. The molecule has 0 unspecified atom stereocenters. The largest absolute Gasteiger partial charge is 0.492 e. The number of halogens is 1. The Hall–Kier alpha value is -1.12. The molecule has 0 heterocycles. The molecule has 1 atom stereocenters. The molecule has 0 bridgehead atoms. The van der Waals surface area contributed by atoms with E-state index < -0.39 is 22.0 Å². The van der Waals surface area contributed by atoms with Gasteiger partial charge in [-0.25, -0.2) is 8.42 Å². The number of aliphatic carboxylic acids is 1. The molecule has 0 fully saturated rings. The maximum atomic E-state index is 12.3. The van der Waals surface area contributed by atoms with Crippen LogP contribution in [0.2, 0.25) is 0 Å². The maximum Gasteiger partial charge on any atom is 0.321 e. The van der Waals surface area contributed by atoms with Gasteiger partial charge in [-0.3, -0.25) is 4.79 Å². The summed E-state index contributed by atoms with van der Waals surface area (Å²) in [7, 11) is -3.98. The molecule has 1 rings (SSSR count). The molecule has 112 valence electrons. The Kier molecular flexibility index (Phi) is 5.97. The highest BCUT2D eigenvalue weighted by Gasteiger charge is 2.26. The van der Waals surface area contributed by atoms with Crippen molar-refractivity contribution >= 4 is 31.9 Å². The fourth-order valence-corrected chi connectivity index (χ4v) is 3.48. The fourth-order valence-electron chi connectivity index (χ4n) is 1.53. The molecule has 0 aliphatic carbocycles. The molecule has 0 amide bonds. The van der Waals surface area contributed by atoms with Crippen molar-refractivity contribution in [2.45, 2.75) is 31.2 Å². The van der Waals surface area contributed by atoms with Gasteiger partial charge in [0.15, 0.2) is 0 Å². The smallest absolute Gasteiger partial charge is 0.321 e. The van der Waals surface area contributed by atoms with Gasteiger partial charge >= 0.3 is 5.97 Å². The lowest BCUT2D eigenvalue weighted by molar-refractivity contribution is -0.139. The van der Waals surface area contributed by atoms with Gasteiger partial charge in [0.1, 0.15) is 16.7 Å². The third kappa shape index (κ3) is 4.19. The van der Waals surface area contributed by atoms with Crippen LogP contribution in [0, 0.1) is 0 Å². The van der Waals surface area contributed by atoms with E-state index in [9.17, 15) is 13.2 Å². The van der Waals surface area contributed by atoms with E-state index in [-0.39, 0.29) is 17.1 Å². The van der Waals surface area contributed by atoms with Crippen LogP contribution in [-0.2, 0) is 14.8 Å². The molecule has 0 saturated carbocycles. The lowest BCUT2D eigenvalue weighted by Crippen LogP contribution is -2.40. The highest BCUT2D eigenvalue weighted by Crippen LogP contribution is 2.27. The lowest BCUT2D eigenvalue weighted by Gasteiger charge is -2.15. The first kappa shape index (κ1) is 16.9. The van der Waals surface area contributed by atoms with Crippen molar-refractivity contribution in [3.05, 3.63) is 22.7 Å². The van der Waals surface area contributed by atoms with Crippen LogP contribution in [0.3, 0.4) is 0 Å². The van der Waals surface area contributed by atoms with E-state index in [0.29, 0.717) is 11.1 Å². The zero-order chi connectivity index (χ0) is 15.3. The van der Waals surface area contributed by atoms with Gasteiger partial charge in [-0.15, -0.1) is 0 Å². The van der Waals surface area contributed by atoms with E-state index >= 15 is 0 Å². The molecule has 8 heteroatoms. The molecule has 0 aromatic heterocycles. The standard InChI is InChI=1S/C12H16BrNO5S/c1-3-9(12(15)16)14-20(17,18)11-7-8(13)5-6-10(11)19-4-2/h5-7,9,14H,3-4H2,1-2H3,(H,15,16)/t9-/m0/s1. The number of sulfonamides is 1. The predicted molar refractivity (Wildman–Crippen MR) is 77.3 cm³/mol. The molecule has 1 aromatic rings. The van der Waals surface area contributed by atoms with Crippen molar-refractivity contribution in [2.75, 3.05) is 6.61 Å². The summed E-state index contributed by atoms with van der Waals surface area (Å²) in [5.74, 6) is -1.03. The lowest BCUT2D eigenvalue weighted by atomic mass is 10.2. The number of hydrogen-bond donors (Lipinski definition) is 2. The van der Waals surface area contributed by atoms with Crippen LogP contribution in [0.25, 0.3) is 0 Å². The van der Waals surface area contributed by atoms with Crippen molar-refractivity contribution < 1.29 is 23.1 Å². The molecule has 20 heavy (non-hydrogen) atoms. The number of carboxylic acids is 1. The van der Waals surface area contributed by atoms with E-state index in [0.717, 1.165) is 0 Å². The minimum Gasteiger partial charge on any atom is -0.492 e. The number of benzene rings is 1. The molecular formula is C12H16BrNO5S. The van der Waals surface area contributed by atoms with Crippen LogP contribution in [0.15, 0.2) is 27.6 Å². The van der Waals surface area contributed by atoms with Crippen LogP contribution in [0.4, 0.5) is 0 Å². The molecule has 1 aromatic carbocycles. The Balaban J connectivity index is 3.20. The summed E-state index contributed by atoms with van der Waals surface area (Å²) >= 11 is 3.19. The topological polar surface area (TPSA) is 92.7 Å². The minimum atomic E-state index is -3.98. The first-order valence-corrected chi connectivity index (χ1v) is 8.27. The molecule has 2 N–H and O–H groups in total. The normalized spacial score (nSPS) is 12.9. The maximum absolute atomic E-state index is 12.3. The first-order valence-electron chi connectivity index (χ1n) is 5.99. The van der Waals surface area contributed by atoms with Crippen molar-refractivity contribution in [2.24, 2.45) is 0 Å². The zero-order valence-corrected chi connectivity index (χ0v) is 13.5. The van der Waals surface area contributed by atoms with Crippen molar-refractivity contribution in [1.29, 1.82) is 0 Å². The third-order valence-corrected chi connectivity index (χ3v) is 4.49. The summed E-state index contributed by atoms with van der Waals surface area (Å²) in [6.07, 6.45) is 0.145. The monoisotopic (exact) mass is 365 g/mol. The van der Waals surface area contributed by atoms with Crippen molar-refractivity contribution in [1.82, 2.24) is 4.72 Å². The second-order valence-corrected chi connectivity index (χ2v) is 6.54. The van der Waals surface area contributed by atoms with E-state index in [1.165, 1.54) is 12.1 Å². The summed E-state index contributed by atoms with van der Waals surface area (Å²) in [5.41, 5.74) is 0. The molecule has 0 radical (unpaired) electrons. The summed E-state index contributed by atoms with van der Waals surface area (Å²) in [6.45, 7) is 3.63. The van der Waals surface area contributed by atoms with Gasteiger partial charge in [0, 0.05) is 4.47 Å². The molecule has 0 spiro atoms. The number of rotatable bonds is 7. The van der Waals surface area contributed by atoms with Gasteiger partial charge in [-0.05, 0) is 31.5 Å². The Bertz CT molecular complexity index is 588. The van der Waals surface area contributed by atoms with Crippen LogP contribution in [0.5, 0.6) is 5.75 Å². The molecule has 0 saturated heterocycles. The highest BCUT2D eigenvalue weighted by molar-refractivity contribution is 9.10. The Morgan fingerprint density at radius 2 is 2.10 bits per heavy atom. The SMILES string of the molecule is CCOc1ccc(Br)cc1S(=O)(=O)N[C@@H](CC)C(=O)O. The summed E-state index contributed by atoms with van der Waals surface area (Å²) in [4.78, 5) is 10.9. The summed E-state index contributed by atoms with van der Waals surface area (Å²) in [5, 5.41) is 8.94. The Labute approximate surface area is 126 Å². The zero-order valence-electron chi connectivity index (χ0n) is 11.1. The number of ether oxygens (including phenoxy) is 1. The van der Waals surface area contributed by atoms with Crippen LogP contribution < -0.4 is 9.46 Å². The highest BCUT2D eigenvalue weighted by atomic mass is 79.9. The van der Waals surface area contributed by atoms with Gasteiger partial charge in [0.2, 0.25) is 10.0 Å². The van der Waals surface area contributed by atoms with Gasteiger partial charge in [0.05, 0.1) is 6.61 Å². The third-order valence-electron chi connectivity index (χ3n) is 2.50. The van der Waals surface area contributed by atoms with Gasteiger partial charge in [0.25, 0.3) is 0 Å². The first-order chi connectivity index (χ1) is 9.31. The summed E-state index contributed by atoms with van der Waals surface area (Å²) < 4.78 is 32.5. The van der Waals surface area contributed by atoms with E-state index in [4.69, 9.17) is 9.84 Å². The predicted octanol–water partition coefficient (Wildman–Crippen LogP) is 1.99. The van der Waals surface area contributed by atoms with E-state index in [1.54, 1.807) is 19.9 Å². The number of nitrogens with one attached hydrogen (secondary N) is 1. The molecule has 0 aliphatic rings. The van der Waals surface area contributed by atoms with Gasteiger partial charge in [-0.1, -0.05) is 22.9 Å². The average Bonchev–Trinajstić information content (AvgIpc) is 2.38. The van der Waals surface area contributed by atoms with Crippen LogP contribution in [-0.4, -0.2) is 32.1 Å².